The minimum atomic E-state index is -0.687. The maximum absolute atomic E-state index is 11.3. The van der Waals surface area contributed by atoms with Crippen molar-refractivity contribution < 1.29 is 15.0 Å². The fraction of sp³-hybridized carbons (Fsp3) is 0.500. The van der Waals surface area contributed by atoms with E-state index in [0.717, 1.165) is 6.42 Å². The third-order valence-corrected chi connectivity index (χ3v) is 5.52. The maximum Gasteiger partial charge on any atom is 0.248 e. The van der Waals surface area contributed by atoms with Crippen LogP contribution in [0, 0.1) is 0 Å². The van der Waals surface area contributed by atoms with Crippen molar-refractivity contribution in [3.63, 3.8) is 0 Å². The van der Waals surface area contributed by atoms with Crippen LogP contribution in [-0.4, -0.2) is 81.5 Å². The van der Waals surface area contributed by atoms with E-state index in [9.17, 15) is 15.0 Å². The Labute approximate surface area is 185 Å². The van der Waals surface area contributed by atoms with Crippen molar-refractivity contribution in [2.24, 2.45) is 17.2 Å². The van der Waals surface area contributed by atoms with Crippen LogP contribution in [0.25, 0.3) is 0 Å². The number of hydrogen-bond acceptors (Lipinski definition) is 11. The third kappa shape index (κ3) is 5.22. The molecule has 172 valence electrons. The number of carbonyl (C=O) groups excluding carboxylic acids is 1. The number of nitrogens with two attached hydrogens (primary N) is 3. The first-order valence-electron chi connectivity index (χ1n) is 10.6. The van der Waals surface area contributed by atoms with E-state index in [1.54, 1.807) is 29.2 Å². The first kappa shape index (κ1) is 22.1. The summed E-state index contributed by atoms with van der Waals surface area (Å²) in [6, 6.07) is 6.40. The average Bonchev–Trinajstić information content (AvgIpc) is 2.72. The zero-order valence-electron chi connectivity index (χ0n) is 17.6. The van der Waals surface area contributed by atoms with Gasteiger partial charge in [-0.2, -0.15) is 15.0 Å². The Hall–Kier alpha value is -3.06. The zero-order valence-corrected chi connectivity index (χ0v) is 17.6. The lowest BCUT2D eigenvalue weighted by Crippen LogP contribution is -2.53. The summed E-state index contributed by atoms with van der Waals surface area (Å²) >= 11 is 0. The van der Waals surface area contributed by atoms with Crippen LogP contribution in [-0.2, 0) is 0 Å². The van der Waals surface area contributed by atoms with Crippen molar-refractivity contribution in [1.82, 2.24) is 15.0 Å². The largest absolute Gasteiger partial charge is 0.391 e. The second kappa shape index (κ2) is 9.20. The van der Waals surface area contributed by atoms with E-state index in [2.05, 4.69) is 20.3 Å². The molecule has 0 radical (unpaired) electrons. The molecule has 4 atom stereocenters. The summed E-state index contributed by atoms with van der Waals surface area (Å²) in [6.07, 6.45) is -0.347. The summed E-state index contributed by atoms with van der Waals surface area (Å²) in [5.41, 5.74) is 18.6. The van der Waals surface area contributed by atoms with Gasteiger partial charge in [0.15, 0.2) is 0 Å². The van der Waals surface area contributed by atoms with Gasteiger partial charge in [-0.25, -0.2) is 0 Å². The summed E-state index contributed by atoms with van der Waals surface area (Å²) in [6.45, 7) is 1.70. The molecular formula is C20H29N9O3. The van der Waals surface area contributed by atoms with Gasteiger partial charge in [0, 0.05) is 55.9 Å². The molecular weight excluding hydrogens is 414 g/mol. The highest BCUT2D eigenvalue weighted by Gasteiger charge is 2.29. The van der Waals surface area contributed by atoms with Gasteiger partial charge in [-0.3, -0.25) is 4.79 Å². The quantitative estimate of drug-likeness (QED) is 0.315. The third-order valence-electron chi connectivity index (χ3n) is 5.52. The van der Waals surface area contributed by atoms with Crippen molar-refractivity contribution in [2.45, 2.75) is 37.1 Å². The number of aliphatic hydroxyl groups excluding tert-OH is 2. The van der Waals surface area contributed by atoms with E-state index >= 15 is 0 Å². The predicted molar refractivity (Wildman–Crippen MR) is 120 cm³/mol. The molecule has 1 aromatic carbocycles. The molecule has 32 heavy (non-hydrogen) atoms. The second-order valence-electron chi connectivity index (χ2n) is 8.43. The van der Waals surface area contributed by atoms with Crippen LogP contribution < -0.4 is 32.3 Å². The normalized spacial score (nSPS) is 26.1. The van der Waals surface area contributed by atoms with Crippen LogP contribution in [0.1, 0.15) is 23.2 Å². The minimum Gasteiger partial charge on any atom is -0.391 e. The zero-order chi connectivity index (χ0) is 22.8. The molecule has 1 aromatic heterocycles. The number of carbonyl (C=O) groups is 1. The predicted octanol–water partition coefficient (Wildman–Crippen LogP) is -1.49. The molecule has 2 fully saturated rings. The van der Waals surface area contributed by atoms with Gasteiger partial charge in [0.05, 0.1) is 12.2 Å². The van der Waals surface area contributed by atoms with Crippen molar-refractivity contribution >= 4 is 29.4 Å². The van der Waals surface area contributed by atoms with E-state index in [1.807, 2.05) is 4.90 Å². The Morgan fingerprint density at radius 3 is 1.94 bits per heavy atom. The van der Waals surface area contributed by atoms with Crippen molar-refractivity contribution in [3.8, 4) is 0 Å². The average molecular weight is 444 g/mol. The Morgan fingerprint density at radius 1 is 0.875 bits per heavy atom. The molecule has 2 aromatic rings. The Balaban J connectivity index is 1.65. The van der Waals surface area contributed by atoms with Crippen LogP contribution >= 0.6 is 0 Å². The molecule has 2 aliphatic heterocycles. The Morgan fingerprint density at radius 2 is 1.41 bits per heavy atom. The van der Waals surface area contributed by atoms with Crippen molar-refractivity contribution in [3.05, 3.63) is 29.8 Å². The summed E-state index contributed by atoms with van der Waals surface area (Å²) < 4.78 is 0. The number of nitrogens with zero attached hydrogens (tertiary/aromatic N) is 5. The van der Waals surface area contributed by atoms with Crippen LogP contribution in [0.15, 0.2) is 24.3 Å². The molecule has 0 unspecified atom stereocenters. The Bertz CT molecular complexity index is 894. The number of rotatable bonds is 5. The Kier molecular flexibility index (Phi) is 6.37. The first-order valence-corrected chi connectivity index (χ1v) is 10.6. The van der Waals surface area contributed by atoms with Gasteiger partial charge in [0.2, 0.25) is 23.8 Å². The fourth-order valence-electron chi connectivity index (χ4n) is 4.09. The molecule has 1 amide bonds. The minimum absolute atomic E-state index is 0.102. The number of aliphatic hydroxyl groups is 2. The molecule has 0 aliphatic carbocycles. The molecule has 4 rings (SSSR count). The molecule has 3 heterocycles. The van der Waals surface area contributed by atoms with Gasteiger partial charge in [-0.05, 0) is 30.7 Å². The highest BCUT2D eigenvalue weighted by atomic mass is 16.3. The van der Waals surface area contributed by atoms with Crippen LogP contribution in [0.2, 0.25) is 0 Å². The standard InChI is InChI=1S/C20H29N9O3/c21-12-5-13(22)8-28(7-12)19-25-18(24-14-3-1-11(2-4-14)17(23)32)26-20(27-19)29-9-15(30)6-16(31)10-29/h1-4,12-13,15-16,30-31H,5-10,21-22H2,(H2,23,32)(H,24,25,26,27)/t12-,13+,15-,16-/m1/s1. The maximum atomic E-state index is 11.3. The van der Waals surface area contributed by atoms with Crippen LogP contribution in [0.5, 0.6) is 0 Å². The lowest BCUT2D eigenvalue weighted by Gasteiger charge is -2.36. The van der Waals surface area contributed by atoms with E-state index in [-0.39, 0.29) is 18.0 Å². The highest BCUT2D eigenvalue weighted by molar-refractivity contribution is 5.93. The molecule has 0 saturated carbocycles. The van der Waals surface area contributed by atoms with E-state index in [0.29, 0.717) is 55.7 Å². The van der Waals surface area contributed by atoms with Gasteiger partial charge < -0.3 is 42.5 Å². The first-order chi connectivity index (χ1) is 15.3. The van der Waals surface area contributed by atoms with E-state index < -0.39 is 18.1 Å². The number of aromatic nitrogens is 3. The lowest BCUT2D eigenvalue weighted by atomic mass is 10.0. The van der Waals surface area contributed by atoms with Crippen LogP contribution in [0.3, 0.4) is 0 Å². The number of β-amino-alcohol motifs (C(OH)–C–C–N with tert-alkyl or cyclic N) is 2. The molecule has 0 spiro atoms. The van der Waals surface area contributed by atoms with Crippen molar-refractivity contribution in [2.75, 3.05) is 41.3 Å². The molecule has 2 aliphatic rings. The number of piperidine rings is 2. The smallest absolute Gasteiger partial charge is 0.248 e. The molecule has 12 nitrogen and oxygen atoms in total. The van der Waals surface area contributed by atoms with Crippen LogP contribution in [0.4, 0.5) is 23.5 Å². The summed E-state index contributed by atoms with van der Waals surface area (Å²) in [5.74, 6) is 0.503. The number of benzene rings is 1. The van der Waals surface area contributed by atoms with Gasteiger partial charge in [0.25, 0.3) is 0 Å². The number of primary amides is 1. The number of amides is 1. The van der Waals surface area contributed by atoms with E-state index in [4.69, 9.17) is 17.2 Å². The number of hydrogen-bond donors (Lipinski definition) is 6. The fourth-order valence-corrected chi connectivity index (χ4v) is 4.09. The monoisotopic (exact) mass is 443 g/mol. The molecule has 9 N–H and O–H groups in total. The lowest BCUT2D eigenvalue weighted by molar-refractivity contribution is 0.0645. The number of anilines is 4. The molecule has 2 saturated heterocycles. The highest BCUT2D eigenvalue weighted by Crippen LogP contribution is 2.24. The topological polar surface area (TPSA) is 193 Å². The van der Waals surface area contributed by atoms with E-state index in [1.165, 1.54) is 0 Å². The van der Waals surface area contributed by atoms with Gasteiger partial charge in [-0.15, -0.1) is 0 Å². The van der Waals surface area contributed by atoms with Gasteiger partial charge >= 0.3 is 0 Å². The summed E-state index contributed by atoms with van der Waals surface area (Å²) in [4.78, 5) is 28.6. The summed E-state index contributed by atoms with van der Waals surface area (Å²) in [7, 11) is 0. The molecule has 12 heteroatoms. The molecule has 0 bridgehead atoms. The summed E-state index contributed by atoms with van der Waals surface area (Å²) in [5, 5.41) is 23.3. The SMILES string of the molecule is NC(=O)c1ccc(Nc2nc(N3C[C@H](N)C[C@H](N)C3)nc(N3C[C@H](O)C[C@@H](O)C3)n2)cc1. The number of nitrogens with one attached hydrogen (secondary N) is 1. The van der Waals surface area contributed by atoms with Gasteiger partial charge in [0.1, 0.15) is 0 Å². The van der Waals surface area contributed by atoms with Gasteiger partial charge in [-0.1, -0.05) is 0 Å². The second-order valence-corrected chi connectivity index (χ2v) is 8.43. The van der Waals surface area contributed by atoms with Crippen molar-refractivity contribution in [1.29, 1.82) is 0 Å².